The van der Waals surface area contributed by atoms with Crippen molar-refractivity contribution in [3.8, 4) is 0 Å². The third-order valence-corrected chi connectivity index (χ3v) is 7.59. The molecule has 5 nitrogen and oxygen atoms in total. The Hall–Kier alpha value is -2.18. The van der Waals surface area contributed by atoms with Crippen LogP contribution in [0, 0.1) is 5.92 Å². The van der Waals surface area contributed by atoms with E-state index in [1.807, 2.05) is 23.1 Å². The van der Waals surface area contributed by atoms with Gasteiger partial charge in [0.1, 0.15) is 0 Å². The number of benzene rings is 2. The molecular weight excluding hydrogens is 372 g/mol. The largest absolute Gasteiger partial charge is 0.312 e. The standard InChI is InChI=1S/C22H24N2O3S/c25-22(16-8-9-16)24-13-12-17-14-18(10-11-21(17)24)28(26,27)23-20-7-3-5-15-4-1-2-6-19(15)20/h1-2,4,6,10-11,14,16,20,23H,3,5,7-9,12-13H2. The molecule has 1 amide bonds. The zero-order chi connectivity index (χ0) is 19.3. The van der Waals surface area contributed by atoms with Crippen molar-refractivity contribution in [1.29, 1.82) is 0 Å². The molecule has 0 radical (unpaired) electrons. The molecule has 0 spiro atoms. The Balaban J connectivity index is 1.40. The van der Waals surface area contributed by atoms with Crippen molar-refractivity contribution in [2.45, 2.75) is 49.5 Å². The van der Waals surface area contributed by atoms with Crippen molar-refractivity contribution >= 4 is 21.6 Å². The van der Waals surface area contributed by atoms with Crippen molar-refractivity contribution in [3.63, 3.8) is 0 Å². The smallest absolute Gasteiger partial charge is 0.241 e. The molecule has 3 aliphatic rings. The Labute approximate surface area is 165 Å². The van der Waals surface area contributed by atoms with Crippen molar-refractivity contribution in [1.82, 2.24) is 4.72 Å². The highest BCUT2D eigenvalue weighted by atomic mass is 32.2. The van der Waals surface area contributed by atoms with Crippen molar-refractivity contribution in [2.75, 3.05) is 11.4 Å². The molecule has 28 heavy (non-hydrogen) atoms. The number of fused-ring (bicyclic) bond motifs is 2. The molecular formula is C22H24N2O3S. The molecule has 1 aliphatic heterocycles. The maximum absolute atomic E-state index is 13.1. The van der Waals surface area contributed by atoms with E-state index in [4.69, 9.17) is 0 Å². The molecule has 2 aromatic carbocycles. The van der Waals surface area contributed by atoms with Gasteiger partial charge in [-0.25, -0.2) is 13.1 Å². The van der Waals surface area contributed by atoms with Gasteiger partial charge in [-0.05, 0) is 73.4 Å². The Morgan fingerprint density at radius 3 is 2.64 bits per heavy atom. The van der Waals surface area contributed by atoms with Crippen LogP contribution in [0.5, 0.6) is 0 Å². The van der Waals surface area contributed by atoms with Gasteiger partial charge in [0.05, 0.1) is 4.90 Å². The van der Waals surface area contributed by atoms with Gasteiger partial charge in [-0.1, -0.05) is 24.3 Å². The number of carbonyl (C=O) groups excluding carboxylic acids is 1. The monoisotopic (exact) mass is 396 g/mol. The van der Waals surface area contributed by atoms with Gasteiger partial charge in [-0.2, -0.15) is 0 Å². The lowest BCUT2D eigenvalue weighted by atomic mass is 9.88. The fraction of sp³-hybridized carbons (Fsp3) is 0.409. The summed E-state index contributed by atoms with van der Waals surface area (Å²) in [5.41, 5.74) is 4.13. The summed E-state index contributed by atoms with van der Waals surface area (Å²) in [5.74, 6) is 0.355. The molecule has 0 aromatic heterocycles. The lowest BCUT2D eigenvalue weighted by molar-refractivity contribution is -0.119. The molecule has 1 fully saturated rings. The van der Waals surface area contributed by atoms with Crippen LogP contribution >= 0.6 is 0 Å². The summed E-state index contributed by atoms with van der Waals surface area (Å²) < 4.78 is 29.0. The Bertz CT molecular complexity index is 1040. The van der Waals surface area contributed by atoms with E-state index in [1.54, 1.807) is 18.2 Å². The predicted octanol–water partition coefficient (Wildman–Crippen LogP) is 3.34. The van der Waals surface area contributed by atoms with Crippen LogP contribution in [0.1, 0.15) is 48.4 Å². The highest BCUT2D eigenvalue weighted by Gasteiger charge is 2.37. The van der Waals surface area contributed by atoms with E-state index >= 15 is 0 Å². The van der Waals surface area contributed by atoms with Crippen LogP contribution in [0.2, 0.25) is 0 Å². The van der Waals surface area contributed by atoms with Gasteiger partial charge in [0.2, 0.25) is 15.9 Å². The molecule has 0 bridgehead atoms. The number of hydrogen-bond acceptors (Lipinski definition) is 3. The van der Waals surface area contributed by atoms with Crippen LogP contribution in [-0.2, 0) is 27.7 Å². The van der Waals surface area contributed by atoms with Gasteiger partial charge < -0.3 is 4.90 Å². The van der Waals surface area contributed by atoms with E-state index < -0.39 is 10.0 Å². The molecule has 1 heterocycles. The molecule has 1 saturated carbocycles. The summed E-state index contributed by atoms with van der Waals surface area (Å²) in [7, 11) is -3.62. The molecule has 6 heteroatoms. The number of nitrogens with one attached hydrogen (secondary N) is 1. The second kappa shape index (κ2) is 6.71. The average Bonchev–Trinajstić information content (AvgIpc) is 3.46. The van der Waals surface area contributed by atoms with E-state index in [-0.39, 0.29) is 22.8 Å². The summed E-state index contributed by atoms with van der Waals surface area (Å²) in [5, 5.41) is 0. The van der Waals surface area contributed by atoms with Crippen LogP contribution in [0.15, 0.2) is 47.4 Å². The van der Waals surface area contributed by atoms with Crippen LogP contribution in [0.25, 0.3) is 0 Å². The predicted molar refractivity (Wildman–Crippen MR) is 108 cm³/mol. The molecule has 146 valence electrons. The highest BCUT2D eigenvalue weighted by Crippen LogP contribution is 2.37. The second-order valence-electron chi connectivity index (χ2n) is 8.07. The second-order valence-corrected chi connectivity index (χ2v) is 9.78. The van der Waals surface area contributed by atoms with Gasteiger partial charge in [-0.15, -0.1) is 0 Å². The first-order valence-corrected chi connectivity index (χ1v) is 11.6. The van der Waals surface area contributed by atoms with Crippen molar-refractivity contribution in [2.24, 2.45) is 5.92 Å². The van der Waals surface area contributed by atoms with Crippen LogP contribution < -0.4 is 9.62 Å². The molecule has 1 atom stereocenters. The van der Waals surface area contributed by atoms with E-state index in [1.165, 1.54) is 5.56 Å². The highest BCUT2D eigenvalue weighted by molar-refractivity contribution is 7.89. The van der Waals surface area contributed by atoms with E-state index in [2.05, 4.69) is 10.8 Å². The zero-order valence-electron chi connectivity index (χ0n) is 15.7. The molecule has 0 saturated heterocycles. The first-order valence-electron chi connectivity index (χ1n) is 10.1. The summed E-state index contributed by atoms with van der Waals surface area (Å²) in [6.45, 7) is 0.650. The lowest BCUT2D eigenvalue weighted by Gasteiger charge is -2.26. The van der Waals surface area contributed by atoms with E-state index in [0.29, 0.717) is 13.0 Å². The molecule has 1 N–H and O–H groups in total. The average molecular weight is 397 g/mol. The summed E-state index contributed by atoms with van der Waals surface area (Å²) in [6.07, 6.45) is 5.45. The fourth-order valence-electron chi connectivity index (χ4n) is 4.46. The van der Waals surface area contributed by atoms with Crippen molar-refractivity contribution < 1.29 is 13.2 Å². The van der Waals surface area contributed by atoms with Crippen LogP contribution in [0.4, 0.5) is 5.69 Å². The molecule has 1 unspecified atom stereocenters. The SMILES string of the molecule is O=C(C1CC1)N1CCc2cc(S(=O)(=O)NC3CCCc4ccccc43)ccc21. The third-order valence-electron chi connectivity index (χ3n) is 6.12. The van der Waals surface area contributed by atoms with Crippen LogP contribution in [-0.4, -0.2) is 20.9 Å². The zero-order valence-corrected chi connectivity index (χ0v) is 16.5. The molecule has 5 rings (SSSR count). The fourth-order valence-corrected chi connectivity index (χ4v) is 5.76. The first kappa shape index (κ1) is 17.9. The minimum atomic E-state index is -3.62. The number of sulfonamides is 1. The van der Waals surface area contributed by atoms with Gasteiger partial charge in [0.25, 0.3) is 0 Å². The van der Waals surface area contributed by atoms with E-state index in [0.717, 1.165) is 48.9 Å². The third kappa shape index (κ3) is 3.14. The normalized spacial score (nSPS) is 21.3. The van der Waals surface area contributed by atoms with E-state index in [9.17, 15) is 13.2 Å². The number of rotatable bonds is 4. The van der Waals surface area contributed by atoms with Crippen molar-refractivity contribution in [3.05, 3.63) is 59.2 Å². The summed E-state index contributed by atoms with van der Waals surface area (Å²) >= 11 is 0. The first-order chi connectivity index (χ1) is 13.5. The molecule has 2 aromatic rings. The maximum atomic E-state index is 13.1. The van der Waals surface area contributed by atoms with Gasteiger partial charge in [0, 0.05) is 24.2 Å². The Kier molecular flexibility index (Phi) is 4.29. The number of nitrogens with zero attached hydrogens (tertiary/aromatic N) is 1. The lowest BCUT2D eigenvalue weighted by Crippen LogP contribution is -2.31. The number of aryl methyl sites for hydroxylation is 1. The van der Waals surface area contributed by atoms with Gasteiger partial charge in [-0.3, -0.25) is 4.79 Å². The topological polar surface area (TPSA) is 66.5 Å². The maximum Gasteiger partial charge on any atom is 0.241 e. The Morgan fingerprint density at radius 1 is 1.00 bits per heavy atom. The summed E-state index contributed by atoms with van der Waals surface area (Å²) in [4.78, 5) is 14.5. The number of anilines is 1. The van der Waals surface area contributed by atoms with Crippen LogP contribution in [0.3, 0.4) is 0 Å². The number of hydrogen-bond donors (Lipinski definition) is 1. The number of carbonyl (C=O) groups is 1. The minimum absolute atomic E-state index is 0.169. The van der Waals surface area contributed by atoms with Gasteiger partial charge >= 0.3 is 0 Å². The summed E-state index contributed by atoms with van der Waals surface area (Å²) in [6, 6.07) is 13.1. The minimum Gasteiger partial charge on any atom is -0.312 e. The quantitative estimate of drug-likeness (QED) is 0.862. The number of amides is 1. The Morgan fingerprint density at radius 2 is 1.82 bits per heavy atom. The van der Waals surface area contributed by atoms with Gasteiger partial charge in [0.15, 0.2) is 0 Å². The molecule has 2 aliphatic carbocycles.